The molecular formula is C13H22N4O3S. The van der Waals surface area contributed by atoms with E-state index in [1.807, 2.05) is 4.57 Å². The molecule has 0 aromatic carbocycles. The molecule has 1 aromatic rings. The number of hydrogen-bond acceptors (Lipinski definition) is 6. The van der Waals surface area contributed by atoms with Crippen LogP contribution in [0.15, 0.2) is 5.16 Å². The van der Waals surface area contributed by atoms with Gasteiger partial charge in [-0.25, -0.2) is 0 Å². The van der Waals surface area contributed by atoms with Crippen LogP contribution in [-0.4, -0.2) is 43.8 Å². The van der Waals surface area contributed by atoms with Crippen LogP contribution in [-0.2, 0) is 9.53 Å². The summed E-state index contributed by atoms with van der Waals surface area (Å²) in [5.41, 5.74) is 5.81. The summed E-state index contributed by atoms with van der Waals surface area (Å²) in [6, 6.07) is 0.157. The molecule has 1 unspecified atom stereocenters. The van der Waals surface area contributed by atoms with Gasteiger partial charge in [0.25, 0.3) is 0 Å². The third-order valence-electron chi connectivity index (χ3n) is 4.14. The number of carboxylic acid groups (broad SMARTS) is 1. The predicted molar refractivity (Wildman–Crippen MR) is 80.3 cm³/mol. The molecule has 2 heterocycles. The van der Waals surface area contributed by atoms with Crippen molar-refractivity contribution in [2.45, 2.75) is 56.3 Å². The Morgan fingerprint density at radius 2 is 2.24 bits per heavy atom. The van der Waals surface area contributed by atoms with Crippen LogP contribution in [0.5, 0.6) is 0 Å². The van der Waals surface area contributed by atoms with E-state index in [2.05, 4.69) is 24.0 Å². The molecule has 7 nitrogen and oxygen atoms in total. The fourth-order valence-corrected chi connectivity index (χ4v) is 3.55. The molecule has 0 bridgehead atoms. The zero-order chi connectivity index (χ0) is 15.5. The second kappa shape index (κ2) is 6.65. The first-order valence-corrected chi connectivity index (χ1v) is 8.19. The number of nitrogens with zero attached hydrogens (tertiary/aromatic N) is 3. The topological polar surface area (TPSA) is 103 Å². The Morgan fingerprint density at radius 3 is 2.86 bits per heavy atom. The van der Waals surface area contributed by atoms with Gasteiger partial charge in [0.15, 0.2) is 5.16 Å². The van der Waals surface area contributed by atoms with Gasteiger partial charge in [-0.1, -0.05) is 25.6 Å². The minimum atomic E-state index is -0.878. The van der Waals surface area contributed by atoms with Crippen molar-refractivity contribution in [3.8, 4) is 0 Å². The number of anilines is 1. The lowest BCUT2D eigenvalue weighted by Crippen LogP contribution is -2.39. The van der Waals surface area contributed by atoms with Gasteiger partial charge in [0.05, 0.1) is 11.4 Å². The van der Waals surface area contributed by atoms with E-state index in [0.717, 1.165) is 37.4 Å². The summed E-state index contributed by atoms with van der Waals surface area (Å²) in [4.78, 5) is 10.7. The van der Waals surface area contributed by atoms with E-state index in [9.17, 15) is 4.79 Å². The van der Waals surface area contributed by atoms with Crippen LogP contribution in [0.25, 0.3) is 0 Å². The molecule has 2 rings (SSSR count). The predicted octanol–water partition coefficient (Wildman–Crippen LogP) is 1.95. The Balaban J connectivity index is 2.20. The fraction of sp³-hybridized carbons (Fsp3) is 0.769. The van der Waals surface area contributed by atoms with E-state index in [1.165, 1.54) is 0 Å². The van der Waals surface area contributed by atoms with Gasteiger partial charge >= 0.3 is 5.97 Å². The Kier molecular flexibility index (Phi) is 5.10. The maximum Gasteiger partial charge on any atom is 0.313 e. The molecule has 1 fully saturated rings. The SMILES string of the molecule is CCC1(CC)CC(n2c(N)nnc2SCC(=O)O)CCO1. The summed E-state index contributed by atoms with van der Waals surface area (Å²) in [6.07, 6.45) is 3.58. The van der Waals surface area contributed by atoms with E-state index >= 15 is 0 Å². The summed E-state index contributed by atoms with van der Waals surface area (Å²) in [5, 5.41) is 17.3. The normalized spacial score (nSPS) is 21.3. The number of ether oxygens (including phenoxy) is 1. The zero-order valence-electron chi connectivity index (χ0n) is 12.4. The molecule has 1 aliphatic heterocycles. The van der Waals surface area contributed by atoms with Gasteiger partial charge in [0.1, 0.15) is 0 Å². The van der Waals surface area contributed by atoms with Crippen LogP contribution in [0.3, 0.4) is 0 Å². The van der Waals surface area contributed by atoms with Gasteiger partial charge in [-0.15, -0.1) is 10.2 Å². The number of aliphatic carboxylic acids is 1. The van der Waals surface area contributed by atoms with E-state index < -0.39 is 5.97 Å². The number of hydrogen-bond donors (Lipinski definition) is 2. The molecular weight excluding hydrogens is 292 g/mol. The van der Waals surface area contributed by atoms with Crippen molar-refractivity contribution in [1.82, 2.24) is 14.8 Å². The van der Waals surface area contributed by atoms with Crippen LogP contribution >= 0.6 is 11.8 Å². The number of thioether (sulfide) groups is 1. The van der Waals surface area contributed by atoms with Crippen molar-refractivity contribution in [3.63, 3.8) is 0 Å². The van der Waals surface area contributed by atoms with Crippen molar-refractivity contribution in [1.29, 1.82) is 0 Å². The summed E-state index contributed by atoms with van der Waals surface area (Å²) in [6.45, 7) is 4.93. The number of nitrogen functional groups attached to an aromatic ring is 1. The van der Waals surface area contributed by atoms with Gasteiger partial charge < -0.3 is 15.6 Å². The molecule has 1 atom stereocenters. The highest BCUT2D eigenvalue weighted by atomic mass is 32.2. The molecule has 0 saturated carbocycles. The molecule has 0 radical (unpaired) electrons. The van der Waals surface area contributed by atoms with E-state index in [4.69, 9.17) is 15.6 Å². The molecule has 118 valence electrons. The Morgan fingerprint density at radius 1 is 1.52 bits per heavy atom. The number of aromatic nitrogens is 3. The molecule has 21 heavy (non-hydrogen) atoms. The lowest BCUT2D eigenvalue weighted by atomic mass is 9.86. The summed E-state index contributed by atoms with van der Waals surface area (Å²) in [5.74, 6) is -0.582. The second-order valence-electron chi connectivity index (χ2n) is 5.28. The molecule has 3 N–H and O–H groups in total. The average Bonchev–Trinajstić information content (AvgIpc) is 2.86. The number of nitrogens with two attached hydrogens (primary N) is 1. The highest BCUT2D eigenvalue weighted by Crippen LogP contribution is 2.39. The molecule has 0 amide bonds. The Bertz CT molecular complexity index is 502. The van der Waals surface area contributed by atoms with E-state index in [-0.39, 0.29) is 17.4 Å². The van der Waals surface area contributed by atoms with Gasteiger partial charge in [-0.2, -0.15) is 0 Å². The first kappa shape index (κ1) is 16.1. The number of rotatable bonds is 6. The highest BCUT2D eigenvalue weighted by molar-refractivity contribution is 7.99. The lowest BCUT2D eigenvalue weighted by Gasteiger charge is -2.40. The lowest BCUT2D eigenvalue weighted by molar-refractivity contribution is -0.133. The van der Waals surface area contributed by atoms with Gasteiger partial charge in [-0.3, -0.25) is 9.36 Å². The quantitative estimate of drug-likeness (QED) is 0.773. The van der Waals surface area contributed by atoms with Crippen LogP contribution in [0, 0.1) is 0 Å². The summed E-state index contributed by atoms with van der Waals surface area (Å²) >= 11 is 1.15. The standard InChI is InChI=1S/C13H22N4O3S/c1-3-13(4-2)7-9(5-6-20-13)17-11(14)15-16-12(17)21-8-10(18)19/h9H,3-8H2,1-2H3,(H2,14,15)(H,18,19). The van der Waals surface area contributed by atoms with Crippen molar-refractivity contribution >= 4 is 23.7 Å². The van der Waals surface area contributed by atoms with Crippen LogP contribution < -0.4 is 5.73 Å². The first-order chi connectivity index (χ1) is 10.0. The van der Waals surface area contributed by atoms with Crippen molar-refractivity contribution in [2.75, 3.05) is 18.1 Å². The van der Waals surface area contributed by atoms with Crippen LogP contribution in [0.2, 0.25) is 0 Å². The fourth-order valence-electron chi connectivity index (χ4n) is 2.82. The Labute approximate surface area is 128 Å². The molecule has 8 heteroatoms. The van der Waals surface area contributed by atoms with E-state index in [0.29, 0.717) is 17.7 Å². The third-order valence-corrected chi connectivity index (χ3v) is 5.06. The number of carbonyl (C=O) groups is 1. The molecule has 1 aliphatic rings. The van der Waals surface area contributed by atoms with Gasteiger partial charge in [0.2, 0.25) is 5.95 Å². The molecule has 0 aliphatic carbocycles. The van der Waals surface area contributed by atoms with E-state index in [1.54, 1.807) is 0 Å². The average molecular weight is 314 g/mol. The maximum absolute atomic E-state index is 10.7. The van der Waals surface area contributed by atoms with Gasteiger partial charge in [0, 0.05) is 12.6 Å². The van der Waals surface area contributed by atoms with Crippen LogP contribution in [0.4, 0.5) is 5.95 Å². The first-order valence-electron chi connectivity index (χ1n) is 7.20. The van der Waals surface area contributed by atoms with Crippen LogP contribution in [0.1, 0.15) is 45.6 Å². The largest absolute Gasteiger partial charge is 0.481 e. The number of carboxylic acids is 1. The minimum absolute atomic E-state index is 0.0476. The smallest absolute Gasteiger partial charge is 0.313 e. The van der Waals surface area contributed by atoms with Crippen molar-refractivity contribution in [3.05, 3.63) is 0 Å². The highest BCUT2D eigenvalue weighted by Gasteiger charge is 2.36. The van der Waals surface area contributed by atoms with Crippen molar-refractivity contribution < 1.29 is 14.6 Å². The second-order valence-corrected chi connectivity index (χ2v) is 6.22. The molecule has 1 aromatic heterocycles. The van der Waals surface area contributed by atoms with Gasteiger partial charge in [-0.05, 0) is 25.7 Å². The summed E-state index contributed by atoms with van der Waals surface area (Å²) < 4.78 is 7.85. The van der Waals surface area contributed by atoms with Crippen molar-refractivity contribution in [2.24, 2.45) is 0 Å². The Hall–Kier alpha value is -1.28. The maximum atomic E-state index is 10.7. The summed E-state index contributed by atoms with van der Waals surface area (Å²) in [7, 11) is 0. The molecule has 1 saturated heterocycles. The third kappa shape index (κ3) is 3.49. The molecule has 0 spiro atoms. The zero-order valence-corrected chi connectivity index (χ0v) is 13.2. The monoisotopic (exact) mass is 314 g/mol. The minimum Gasteiger partial charge on any atom is -0.481 e.